The number of carbonyl (C=O) groups is 4. The van der Waals surface area contributed by atoms with E-state index in [9.17, 15) is 19.2 Å². The number of ketones is 1. The van der Waals surface area contributed by atoms with Crippen molar-refractivity contribution < 1.29 is 19.2 Å². The molecule has 37 heavy (non-hydrogen) atoms. The third-order valence-electron chi connectivity index (χ3n) is 5.88. The monoisotopic (exact) mass is 521 g/mol. The van der Waals surface area contributed by atoms with Gasteiger partial charge >= 0.3 is 0 Å². The highest BCUT2D eigenvalue weighted by Crippen LogP contribution is 2.27. The van der Waals surface area contributed by atoms with Crippen LogP contribution in [-0.2, 0) is 19.2 Å². The number of primary amides is 1. The molecule has 2 rings (SSSR count). The first kappa shape index (κ1) is 34.4. The molecule has 0 fully saturated rings. The van der Waals surface area contributed by atoms with Crippen LogP contribution in [0.3, 0.4) is 0 Å². The fraction of sp³-hybridized carbons (Fsp3) is 0.786. The van der Waals surface area contributed by atoms with E-state index in [0.717, 1.165) is 11.7 Å². The molecule has 4 N–H and O–H groups in total. The summed E-state index contributed by atoms with van der Waals surface area (Å²) in [5.74, 6) is 1.20. The van der Waals surface area contributed by atoms with Gasteiger partial charge in [-0.25, -0.2) is 0 Å². The van der Waals surface area contributed by atoms with Crippen LogP contribution in [0.1, 0.15) is 110 Å². The average molecular weight is 522 g/mol. The van der Waals surface area contributed by atoms with Crippen LogP contribution in [0.2, 0.25) is 0 Å². The van der Waals surface area contributed by atoms with Gasteiger partial charge in [0.1, 0.15) is 28.5 Å². The fourth-order valence-electron chi connectivity index (χ4n) is 2.70. The molecule has 0 aromatic carbocycles. The van der Waals surface area contributed by atoms with E-state index in [1.807, 2.05) is 90.0 Å². The summed E-state index contributed by atoms with van der Waals surface area (Å²) in [6.07, 6.45) is 0.214. The lowest BCUT2D eigenvalue weighted by atomic mass is 9.78. The van der Waals surface area contributed by atoms with Crippen molar-refractivity contribution in [3.05, 3.63) is 0 Å². The number of rotatable bonds is 3. The van der Waals surface area contributed by atoms with Gasteiger partial charge in [0.2, 0.25) is 5.91 Å². The van der Waals surface area contributed by atoms with Crippen LogP contribution in [0.5, 0.6) is 0 Å². The maximum absolute atomic E-state index is 11.6. The number of hydrogen-bond donors (Lipinski definition) is 3. The lowest BCUT2D eigenvalue weighted by Gasteiger charge is -2.24. The third-order valence-corrected chi connectivity index (χ3v) is 5.88. The molecule has 0 unspecified atom stereocenters. The lowest BCUT2D eigenvalue weighted by Crippen LogP contribution is -2.38. The molecule has 2 heterocycles. The van der Waals surface area contributed by atoms with E-state index in [1.54, 1.807) is 13.8 Å². The van der Waals surface area contributed by atoms with Gasteiger partial charge in [-0.1, -0.05) is 76.2 Å². The van der Waals surface area contributed by atoms with E-state index in [-0.39, 0.29) is 34.8 Å². The Bertz CT molecular complexity index is 912. The number of amidine groups is 2. The number of carbonyl (C=O) groups excluding carboxylic acids is 4. The average Bonchev–Trinajstić information content (AvgIpc) is 3.09. The van der Waals surface area contributed by atoms with Crippen molar-refractivity contribution in [3.8, 4) is 0 Å². The number of nitrogens with two attached hydrogens (primary N) is 1. The summed E-state index contributed by atoms with van der Waals surface area (Å²) >= 11 is 0. The van der Waals surface area contributed by atoms with Crippen LogP contribution in [0.25, 0.3) is 0 Å². The molecule has 0 aromatic heterocycles. The molecule has 0 aliphatic carbocycles. The SMILES string of the molecule is CC(C)(C)C(=O)CC(C)(C)C(N)=O.CC(C)(C)C1=NC(C)(C)C(=O)N1.CC(C)(C)C1=NC(C)(C)C(=O)N1. The molecule has 9 heteroatoms. The van der Waals surface area contributed by atoms with Crippen molar-refractivity contribution in [2.75, 3.05) is 0 Å². The van der Waals surface area contributed by atoms with Crippen LogP contribution in [0.4, 0.5) is 0 Å². The number of Topliss-reactive ketones (excluding diaryl/α,β-unsaturated/α-hetero) is 1. The van der Waals surface area contributed by atoms with Crippen molar-refractivity contribution in [2.24, 2.45) is 37.4 Å². The first-order valence-electron chi connectivity index (χ1n) is 12.7. The Kier molecular flexibility index (Phi) is 10.3. The summed E-state index contributed by atoms with van der Waals surface area (Å²) in [5, 5.41) is 5.59. The predicted octanol–water partition coefficient (Wildman–Crippen LogP) is 4.18. The first-order chi connectivity index (χ1) is 16.0. The zero-order valence-corrected chi connectivity index (χ0v) is 25.8. The Morgan fingerprint density at radius 3 is 1.14 bits per heavy atom. The standard InChI is InChI=1S/C10H19NO2.2C9H16N2O/c1-9(2,3)7(12)6-10(4,5)8(11)13;2*1-8(2,3)6-10-7(12)9(4,5)11-6/h6H2,1-5H3,(H2,11,13);2*1-5H3,(H,10,11,12). The van der Waals surface area contributed by atoms with Gasteiger partial charge in [-0.05, 0) is 27.7 Å². The van der Waals surface area contributed by atoms with E-state index in [0.29, 0.717) is 0 Å². The summed E-state index contributed by atoms with van der Waals surface area (Å²) in [5.41, 5.74) is 2.75. The molecule has 0 bridgehead atoms. The normalized spacial score (nSPS) is 18.8. The molecule has 0 saturated heterocycles. The lowest BCUT2D eigenvalue weighted by molar-refractivity contribution is -0.135. The van der Waals surface area contributed by atoms with Crippen molar-refractivity contribution >= 4 is 35.2 Å². The minimum Gasteiger partial charge on any atom is -0.369 e. The number of nitrogens with one attached hydrogen (secondary N) is 2. The van der Waals surface area contributed by atoms with E-state index in [2.05, 4.69) is 20.6 Å². The topological polar surface area (TPSA) is 143 Å². The van der Waals surface area contributed by atoms with E-state index in [4.69, 9.17) is 5.73 Å². The Hall–Kier alpha value is -2.58. The second-order valence-electron chi connectivity index (χ2n) is 14.5. The molecule has 2 aliphatic heterocycles. The molecule has 0 aromatic rings. The van der Waals surface area contributed by atoms with Gasteiger partial charge in [0, 0.05) is 22.7 Å². The van der Waals surface area contributed by atoms with E-state index in [1.165, 1.54) is 0 Å². The summed E-state index contributed by atoms with van der Waals surface area (Å²) in [6.45, 7) is 28.4. The fourth-order valence-corrected chi connectivity index (χ4v) is 2.70. The second kappa shape index (κ2) is 11.0. The highest BCUT2D eigenvalue weighted by molar-refractivity contribution is 6.10. The minimum absolute atomic E-state index is 0.00701. The van der Waals surface area contributed by atoms with Gasteiger partial charge in [-0.15, -0.1) is 0 Å². The predicted molar refractivity (Wildman–Crippen MR) is 150 cm³/mol. The van der Waals surface area contributed by atoms with Gasteiger partial charge in [-0.2, -0.15) is 0 Å². The first-order valence-corrected chi connectivity index (χ1v) is 12.7. The highest BCUT2D eigenvalue weighted by atomic mass is 16.2. The van der Waals surface area contributed by atoms with Crippen molar-refractivity contribution in [1.29, 1.82) is 0 Å². The van der Waals surface area contributed by atoms with Crippen LogP contribution >= 0.6 is 0 Å². The smallest absolute Gasteiger partial charge is 0.252 e. The third kappa shape index (κ3) is 10.4. The zero-order valence-electron chi connectivity index (χ0n) is 25.8. The maximum atomic E-state index is 11.6. The number of aliphatic imine (C=N–C) groups is 2. The second-order valence-corrected chi connectivity index (χ2v) is 14.5. The maximum Gasteiger partial charge on any atom is 0.252 e. The molecule has 9 nitrogen and oxygen atoms in total. The van der Waals surface area contributed by atoms with Crippen molar-refractivity contribution in [3.63, 3.8) is 0 Å². The van der Waals surface area contributed by atoms with Gasteiger partial charge in [0.25, 0.3) is 11.8 Å². The molecule has 0 saturated carbocycles. The molecule has 3 amide bonds. The molecule has 0 radical (unpaired) electrons. The van der Waals surface area contributed by atoms with Gasteiger partial charge < -0.3 is 16.4 Å². The van der Waals surface area contributed by atoms with Gasteiger partial charge in [-0.3, -0.25) is 29.2 Å². The summed E-state index contributed by atoms with van der Waals surface area (Å²) < 4.78 is 0. The largest absolute Gasteiger partial charge is 0.369 e. The Labute approximate surface area is 223 Å². The summed E-state index contributed by atoms with van der Waals surface area (Å²) in [6, 6.07) is 0. The molecule has 212 valence electrons. The van der Waals surface area contributed by atoms with Crippen molar-refractivity contribution in [1.82, 2.24) is 10.6 Å². The van der Waals surface area contributed by atoms with Crippen LogP contribution in [0.15, 0.2) is 9.98 Å². The van der Waals surface area contributed by atoms with Gasteiger partial charge in [0.05, 0.1) is 5.41 Å². The molecule has 0 spiro atoms. The molecule has 2 aliphatic rings. The number of amides is 3. The number of hydrogen-bond acceptors (Lipinski definition) is 6. The van der Waals surface area contributed by atoms with E-state index < -0.39 is 27.8 Å². The highest BCUT2D eigenvalue weighted by Gasteiger charge is 2.39. The Morgan fingerprint density at radius 2 is 1.00 bits per heavy atom. The van der Waals surface area contributed by atoms with Crippen LogP contribution < -0.4 is 16.4 Å². The van der Waals surface area contributed by atoms with Gasteiger partial charge in [0.15, 0.2) is 0 Å². The Balaban J connectivity index is 0.000000526. The van der Waals surface area contributed by atoms with Crippen molar-refractivity contribution in [2.45, 2.75) is 121 Å². The zero-order chi connectivity index (χ0) is 30.0. The van der Waals surface area contributed by atoms with E-state index >= 15 is 0 Å². The van der Waals surface area contributed by atoms with Crippen LogP contribution in [-0.4, -0.2) is 46.3 Å². The Morgan fingerprint density at radius 1 is 0.703 bits per heavy atom. The number of nitrogens with zero attached hydrogens (tertiary/aromatic N) is 2. The molecular weight excluding hydrogens is 470 g/mol. The quantitative estimate of drug-likeness (QED) is 0.512. The summed E-state index contributed by atoms with van der Waals surface area (Å²) in [7, 11) is 0. The summed E-state index contributed by atoms with van der Waals surface area (Å²) in [4.78, 5) is 53.8. The molecule has 0 atom stereocenters. The van der Waals surface area contributed by atoms with Crippen LogP contribution in [0, 0.1) is 21.7 Å². The molecular formula is C28H51N5O4. The minimum atomic E-state index is -0.732.